The SMILES string of the molecule is CCOc1cc(/C=C2\C(=O)NC(=S)N(c3ccc(C)cc3)C2=O)cc(Br)c1OCC. The summed E-state index contributed by atoms with van der Waals surface area (Å²) in [7, 11) is 0. The molecule has 2 amide bonds. The molecule has 8 heteroatoms. The lowest BCUT2D eigenvalue weighted by atomic mass is 10.1. The Morgan fingerprint density at radius 2 is 1.77 bits per heavy atom. The Hall–Kier alpha value is -2.71. The number of carbonyl (C=O) groups excluding carboxylic acids is 2. The lowest BCUT2D eigenvalue weighted by Crippen LogP contribution is -2.54. The van der Waals surface area contributed by atoms with Crippen molar-refractivity contribution in [3.05, 3.63) is 57.6 Å². The van der Waals surface area contributed by atoms with Crippen LogP contribution in [-0.4, -0.2) is 30.1 Å². The zero-order valence-electron chi connectivity index (χ0n) is 16.8. The van der Waals surface area contributed by atoms with Crippen molar-refractivity contribution < 1.29 is 19.1 Å². The molecule has 6 nitrogen and oxygen atoms in total. The summed E-state index contributed by atoms with van der Waals surface area (Å²) >= 11 is 8.72. The molecule has 1 fully saturated rings. The molecule has 0 spiro atoms. The average molecular weight is 489 g/mol. The number of anilines is 1. The number of benzene rings is 2. The van der Waals surface area contributed by atoms with Gasteiger partial charge in [0.1, 0.15) is 5.57 Å². The lowest BCUT2D eigenvalue weighted by molar-refractivity contribution is -0.122. The monoisotopic (exact) mass is 488 g/mol. The molecule has 0 atom stereocenters. The smallest absolute Gasteiger partial charge is 0.270 e. The van der Waals surface area contributed by atoms with E-state index in [0.29, 0.717) is 40.4 Å². The van der Waals surface area contributed by atoms with Gasteiger partial charge < -0.3 is 9.47 Å². The number of hydrogen-bond acceptors (Lipinski definition) is 5. The van der Waals surface area contributed by atoms with Crippen molar-refractivity contribution in [1.29, 1.82) is 0 Å². The summed E-state index contributed by atoms with van der Waals surface area (Å²) < 4.78 is 12.0. The van der Waals surface area contributed by atoms with Gasteiger partial charge in [0.2, 0.25) is 0 Å². The van der Waals surface area contributed by atoms with Gasteiger partial charge in [-0.05, 0) is 84.8 Å². The molecule has 0 saturated carbocycles. The van der Waals surface area contributed by atoms with Gasteiger partial charge in [-0.2, -0.15) is 0 Å². The van der Waals surface area contributed by atoms with Crippen LogP contribution in [0.1, 0.15) is 25.0 Å². The second-order valence-corrected chi connectivity index (χ2v) is 7.73. The molecule has 0 aromatic heterocycles. The topological polar surface area (TPSA) is 67.9 Å². The highest BCUT2D eigenvalue weighted by Gasteiger charge is 2.34. The van der Waals surface area contributed by atoms with E-state index in [0.717, 1.165) is 5.56 Å². The second-order valence-electron chi connectivity index (χ2n) is 6.49. The first-order valence-electron chi connectivity index (χ1n) is 9.43. The zero-order valence-corrected chi connectivity index (χ0v) is 19.2. The van der Waals surface area contributed by atoms with Gasteiger partial charge in [-0.25, -0.2) is 0 Å². The van der Waals surface area contributed by atoms with Crippen LogP contribution in [0, 0.1) is 6.92 Å². The summed E-state index contributed by atoms with van der Waals surface area (Å²) in [6.45, 7) is 6.62. The van der Waals surface area contributed by atoms with Crippen molar-refractivity contribution in [3.8, 4) is 11.5 Å². The molecule has 2 aromatic rings. The number of thiocarbonyl (C=S) groups is 1. The minimum absolute atomic E-state index is 0.0253. The molecular weight excluding hydrogens is 468 g/mol. The molecular formula is C22H21BrN2O4S. The number of hydrogen-bond donors (Lipinski definition) is 1. The molecule has 0 aliphatic carbocycles. The Morgan fingerprint density at radius 3 is 2.40 bits per heavy atom. The van der Waals surface area contributed by atoms with Gasteiger partial charge in [-0.15, -0.1) is 0 Å². The molecule has 3 rings (SSSR count). The number of rotatable bonds is 6. The Morgan fingerprint density at radius 1 is 1.10 bits per heavy atom. The second kappa shape index (κ2) is 9.40. The van der Waals surface area contributed by atoms with E-state index in [1.165, 1.54) is 11.0 Å². The number of ether oxygens (including phenoxy) is 2. The minimum Gasteiger partial charge on any atom is -0.490 e. The van der Waals surface area contributed by atoms with Crippen LogP contribution in [0.5, 0.6) is 11.5 Å². The highest BCUT2D eigenvalue weighted by atomic mass is 79.9. The molecule has 0 radical (unpaired) electrons. The van der Waals surface area contributed by atoms with E-state index in [1.54, 1.807) is 24.3 Å². The fourth-order valence-electron chi connectivity index (χ4n) is 2.97. The quantitative estimate of drug-likeness (QED) is 0.371. The first-order chi connectivity index (χ1) is 14.3. The summed E-state index contributed by atoms with van der Waals surface area (Å²) in [4.78, 5) is 27.0. The highest BCUT2D eigenvalue weighted by Crippen LogP contribution is 2.37. The van der Waals surface area contributed by atoms with Gasteiger partial charge in [0.05, 0.1) is 23.4 Å². The van der Waals surface area contributed by atoms with Gasteiger partial charge in [0, 0.05) is 0 Å². The fourth-order valence-corrected chi connectivity index (χ4v) is 3.83. The summed E-state index contributed by atoms with van der Waals surface area (Å²) in [5, 5.41) is 2.64. The Kier molecular flexibility index (Phi) is 6.89. The molecule has 0 unspecified atom stereocenters. The first-order valence-corrected chi connectivity index (χ1v) is 10.6. The van der Waals surface area contributed by atoms with Crippen LogP contribution < -0.4 is 19.7 Å². The number of aryl methyl sites for hydroxylation is 1. The van der Waals surface area contributed by atoms with Gasteiger partial charge in [0.15, 0.2) is 16.6 Å². The van der Waals surface area contributed by atoms with Crippen LogP contribution in [0.2, 0.25) is 0 Å². The fraction of sp³-hybridized carbons (Fsp3) is 0.227. The first kappa shape index (κ1) is 22.0. The maximum Gasteiger partial charge on any atom is 0.270 e. The summed E-state index contributed by atoms with van der Waals surface area (Å²) in [5.74, 6) is 0.0606. The maximum absolute atomic E-state index is 13.1. The van der Waals surface area contributed by atoms with E-state index in [4.69, 9.17) is 21.7 Å². The average Bonchev–Trinajstić information content (AvgIpc) is 2.69. The number of carbonyl (C=O) groups is 2. The predicted octanol–water partition coefficient (Wildman–Crippen LogP) is 4.39. The van der Waals surface area contributed by atoms with Crippen molar-refractivity contribution >= 4 is 56.8 Å². The molecule has 30 heavy (non-hydrogen) atoms. The van der Waals surface area contributed by atoms with Gasteiger partial charge in [-0.3, -0.25) is 19.8 Å². The summed E-state index contributed by atoms with van der Waals surface area (Å²) in [6.07, 6.45) is 1.52. The van der Waals surface area contributed by atoms with E-state index in [1.807, 2.05) is 32.9 Å². The van der Waals surface area contributed by atoms with Crippen molar-refractivity contribution in [2.24, 2.45) is 0 Å². The van der Waals surface area contributed by atoms with Crippen LogP contribution >= 0.6 is 28.1 Å². The van der Waals surface area contributed by atoms with Gasteiger partial charge in [-0.1, -0.05) is 17.7 Å². The standard InChI is InChI=1S/C22H21BrN2O4S/c1-4-28-18-12-14(11-17(23)19(18)29-5-2)10-16-20(26)24-22(30)25(21(16)27)15-8-6-13(3)7-9-15/h6-12H,4-5H2,1-3H3,(H,24,26,30)/b16-10+. The van der Waals surface area contributed by atoms with Crippen LogP contribution in [0.25, 0.3) is 6.08 Å². The van der Waals surface area contributed by atoms with Crippen LogP contribution in [-0.2, 0) is 9.59 Å². The van der Waals surface area contributed by atoms with Crippen molar-refractivity contribution in [3.63, 3.8) is 0 Å². The molecule has 1 aliphatic heterocycles. The molecule has 1 saturated heterocycles. The largest absolute Gasteiger partial charge is 0.490 e. The van der Waals surface area contributed by atoms with E-state index in [2.05, 4.69) is 21.2 Å². The summed E-state index contributed by atoms with van der Waals surface area (Å²) in [5.41, 5.74) is 2.23. The van der Waals surface area contributed by atoms with Crippen LogP contribution in [0.4, 0.5) is 5.69 Å². The Labute approximate surface area is 189 Å². The van der Waals surface area contributed by atoms with Gasteiger partial charge in [0.25, 0.3) is 11.8 Å². The highest BCUT2D eigenvalue weighted by molar-refractivity contribution is 9.10. The molecule has 156 valence electrons. The Bertz CT molecular complexity index is 1030. The van der Waals surface area contributed by atoms with E-state index in [-0.39, 0.29) is 10.7 Å². The molecule has 1 heterocycles. The number of nitrogens with zero attached hydrogens (tertiary/aromatic N) is 1. The summed E-state index contributed by atoms with van der Waals surface area (Å²) in [6, 6.07) is 10.8. The van der Waals surface area contributed by atoms with Crippen LogP contribution in [0.15, 0.2) is 46.4 Å². The minimum atomic E-state index is -0.545. The van der Waals surface area contributed by atoms with E-state index >= 15 is 0 Å². The van der Waals surface area contributed by atoms with Crippen molar-refractivity contribution in [2.45, 2.75) is 20.8 Å². The van der Waals surface area contributed by atoms with Crippen molar-refractivity contribution in [2.75, 3.05) is 18.1 Å². The van der Waals surface area contributed by atoms with Crippen molar-refractivity contribution in [1.82, 2.24) is 5.32 Å². The number of halogens is 1. The number of amides is 2. The maximum atomic E-state index is 13.1. The zero-order chi connectivity index (χ0) is 21.8. The lowest BCUT2D eigenvalue weighted by Gasteiger charge is -2.29. The third kappa shape index (κ3) is 4.55. The molecule has 0 bridgehead atoms. The normalized spacial score (nSPS) is 15.4. The van der Waals surface area contributed by atoms with Crippen LogP contribution in [0.3, 0.4) is 0 Å². The van der Waals surface area contributed by atoms with E-state index < -0.39 is 11.8 Å². The Balaban J connectivity index is 2.03. The van der Waals surface area contributed by atoms with E-state index in [9.17, 15) is 9.59 Å². The third-order valence-corrected chi connectivity index (χ3v) is 5.20. The molecule has 1 N–H and O–H groups in total. The third-order valence-electron chi connectivity index (χ3n) is 4.33. The van der Waals surface area contributed by atoms with Gasteiger partial charge >= 0.3 is 0 Å². The molecule has 1 aliphatic rings. The molecule has 2 aromatic carbocycles. The number of nitrogens with one attached hydrogen (secondary N) is 1. The predicted molar refractivity (Wildman–Crippen MR) is 124 cm³/mol.